The van der Waals surface area contributed by atoms with Gasteiger partial charge in [-0.2, -0.15) is 0 Å². The van der Waals surface area contributed by atoms with Crippen molar-refractivity contribution in [3.63, 3.8) is 0 Å². The molecule has 0 unspecified atom stereocenters. The van der Waals surface area contributed by atoms with E-state index in [0.717, 1.165) is 27.0 Å². The standard InChI is InChI=1S/C24H22N2O4/c1-25(15-16-7-8-18-14-19(30-2)10-9-17(18)13-16)22(27)11-12-26-23(28)20-5-3-4-6-21(20)24(26)29/h3-10,13-14H,11-12,15H2,1-2H3. The Kier molecular flexibility index (Phi) is 5.23. The van der Waals surface area contributed by atoms with E-state index in [1.807, 2.05) is 36.4 Å². The summed E-state index contributed by atoms with van der Waals surface area (Å²) < 4.78 is 5.25. The first kappa shape index (κ1) is 19.6. The maximum atomic E-state index is 12.6. The molecule has 4 rings (SSSR count). The lowest BCUT2D eigenvalue weighted by Crippen LogP contribution is -2.35. The molecule has 1 aliphatic rings. The van der Waals surface area contributed by atoms with Gasteiger partial charge in [0, 0.05) is 26.6 Å². The molecule has 6 heteroatoms. The minimum absolute atomic E-state index is 0.0764. The molecule has 1 aliphatic heterocycles. The second-order valence-electron chi connectivity index (χ2n) is 7.35. The Morgan fingerprint density at radius 1 is 0.933 bits per heavy atom. The molecule has 0 aromatic heterocycles. The van der Waals surface area contributed by atoms with Gasteiger partial charge in [-0.1, -0.05) is 30.3 Å². The van der Waals surface area contributed by atoms with Gasteiger partial charge in [0.05, 0.1) is 18.2 Å². The molecular formula is C24H22N2O4. The van der Waals surface area contributed by atoms with Crippen LogP contribution in [0.5, 0.6) is 5.75 Å². The number of rotatable bonds is 6. The van der Waals surface area contributed by atoms with Crippen molar-refractivity contribution in [2.45, 2.75) is 13.0 Å². The molecule has 3 amide bonds. The van der Waals surface area contributed by atoms with Gasteiger partial charge in [-0.05, 0) is 46.7 Å². The van der Waals surface area contributed by atoms with Gasteiger partial charge in [-0.25, -0.2) is 0 Å². The smallest absolute Gasteiger partial charge is 0.261 e. The van der Waals surface area contributed by atoms with E-state index in [0.29, 0.717) is 17.7 Å². The summed E-state index contributed by atoms with van der Waals surface area (Å²) in [6.45, 7) is 0.524. The Bertz CT molecular complexity index is 1120. The number of carbonyl (C=O) groups excluding carboxylic acids is 3. The van der Waals surface area contributed by atoms with Crippen LogP contribution in [0.4, 0.5) is 0 Å². The molecule has 0 atom stereocenters. The van der Waals surface area contributed by atoms with E-state index in [1.54, 1.807) is 43.3 Å². The van der Waals surface area contributed by atoms with Crippen LogP contribution < -0.4 is 4.74 Å². The average Bonchev–Trinajstić information content (AvgIpc) is 3.01. The molecule has 3 aromatic carbocycles. The van der Waals surface area contributed by atoms with Crippen LogP contribution in [-0.2, 0) is 11.3 Å². The van der Waals surface area contributed by atoms with Crippen LogP contribution in [0, 0.1) is 0 Å². The molecule has 0 aliphatic carbocycles. The van der Waals surface area contributed by atoms with Gasteiger partial charge in [0.25, 0.3) is 11.8 Å². The highest BCUT2D eigenvalue weighted by Gasteiger charge is 2.35. The van der Waals surface area contributed by atoms with E-state index in [2.05, 4.69) is 0 Å². The molecule has 30 heavy (non-hydrogen) atoms. The number of hydrogen-bond donors (Lipinski definition) is 0. The van der Waals surface area contributed by atoms with E-state index in [1.165, 1.54) is 0 Å². The summed E-state index contributed by atoms with van der Waals surface area (Å²) in [5.41, 5.74) is 1.80. The molecule has 0 radical (unpaired) electrons. The second kappa shape index (κ2) is 7.99. The summed E-state index contributed by atoms with van der Waals surface area (Å²) in [7, 11) is 3.36. The van der Waals surface area contributed by atoms with Gasteiger partial charge < -0.3 is 9.64 Å². The average molecular weight is 402 g/mol. The summed E-state index contributed by atoms with van der Waals surface area (Å²) in [6.07, 6.45) is 0.0900. The first-order valence-electron chi connectivity index (χ1n) is 9.74. The Morgan fingerprint density at radius 2 is 1.57 bits per heavy atom. The first-order valence-corrected chi connectivity index (χ1v) is 9.74. The van der Waals surface area contributed by atoms with E-state index >= 15 is 0 Å². The predicted molar refractivity (Wildman–Crippen MR) is 113 cm³/mol. The van der Waals surface area contributed by atoms with E-state index < -0.39 is 0 Å². The predicted octanol–water partition coefficient (Wildman–Crippen LogP) is 3.49. The summed E-state index contributed by atoms with van der Waals surface area (Å²) in [5, 5.41) is 2.14. The number of imide groups is 1. The Morgan fingerprint density at radius 3 is 2.23 bits per heavy atom. The van der Waals surface area contributed by atoms with E-state index in [4.69, 9.17) is 4.74 Å². The number of nitrogens with zero attached hydrogens (tertiary/aromatic N) is 2. The van der Waals surface area contributed by atoms with Crippen molar-refractivity contribution in [1.29, 1.82) is 0 Å². The van der Waals surface area contributed by atoms with Gasteiger partial charge in [-0.3, -0.25) is 19.3 Å². The van der Waals surface area contributed by atoms with Gasteiger partial charge in [0.1, 0.15) is 5.75 Å². The Hall–Kier alpha value is -3.67. The topological polar surface area (TPSA) is 66.9 Å². The first-order chi connectivity index (χ1) is 14.5. The van der Waals surface area contributed by atoms with Gasteiger partial charge in [-0.15, -0.1) is 0 Å². The highest BCUT2D eigenvalue weighted by Crippen LogP contribution is 2.24. The molecule has 0 saturated heterocycles. The molecule has 3 aromatic rings. The van der Waals surface area contributed by atoms with Crippen molar-refractivity contribution in [3.8, 4) is 5.75 Å². The number of benzene rings is 3. The maximum Gasteiger partial charge on any atom is 0.261 e. The normalized spacial score (nSPS) is 12.9. The number of carbonyl (C=O) groups is 3. The second-order valence-corrected chi connectivity index (χ2v) is 7.35. The zero-order valence-corrected chi connectivity index (χ0v) is 16.9. The lowest BCUT2D eigenvalue weighted by molar-refractivity contribution is -0.130. The fourth-order valence-electron chi connectivity index (χ4n) is 3.70. The highest BCUT2D eigenvalue weighted by atomic mass is 16.5. The molecule has 0 saturated carbocycles. The van der Waals surface area contributed by atoms with Crippen LogP contribution in [0.2, 0.25) is 0 Å². The highest BCUT2D eigenvalue weighted by molar-refractivity contribution is 6.21. The van der Waals surface area contributed by atoms with E-state index in [-0.39, 0.29) is 30.7 Å². The van der Waals surface area contributed by atoms with Crippen LogP contribution in [0.3, 0.4) is 0 Å². The summed E-state index contributed by atoms with van der Waals surface area (Å²) in [6, 6.07) is 18.6. The minimum Gasteiger partial charge on any atom is -0.497 e. The van der Waals surface area contributed by atoms with Crippen molar-refractivity contribution in [3.05, 3.63) is 77.4 Å². The van der Waals surface area contributed by atoms with Crippen LogP contribution in [0.1, 0.15) is 32.7 Å². The Labute approximate surface area is 174 Å². The summed E-state index contributed by atoms with van der Waals surface area (Å²) in [5.74, 6) is 0.00380. The lowest BCUT2D eigenvalue weighted by Gasteiger charge is -2.20. The third kappa shape index (κ3) is 3.64. The third-order valence-electron chi connectivity index (χ3n) is 5.38. The summed E-state index contributed by atoms with van der Waals surface area (Å²) >= 11 is 0. The lowest BCUT2D eigenvalue weighted by atomic mass is 10.1. The summed E-state index contributed by atoms with van der Waals surface area (Å²) in [4.78, 5) is 40.2. The fraction of sp³-hybridized carbons (Fsp3) is 0.208. The van der Waals surface area contributed by atoms with Crippen LogP contribution in [0.15, 0.2) is 60.7 Å². The monoisotopic (exact) mass is 402 g/mol. The van der Waals surface area contributed by atoms with Crippen molar-refractivity contribution in [2.75, 3.05) is 20.7 Å². The van der Waals surface area contributed by atoms with Crippen molar-refractivity contribution >= 4 is 28.5 Å². The molecule has 0 bridgehead atoms. The van der Waals surface area contributed by atoms with Crippen LogP contribution in [-0.4, -0.2) is 48.2 Å². The third-order valence-corrected chi connectivity index (χ3v) is 5.38. The number of amides is 3. The van der Waals surface area contributed by atoms with Crippen molar-refractivity contribution in [2.24, 2.45) is 0 Å². The quantitative estimate of drug-likeness (QED) is 0.592. The number of hydrogen-bond acceptors (Lipinski definition) is 4. The fourth-order valence-corrected chi connectivity index (χ4v) is 3.70. The number of ether oxygens (including phenoxy) is 1. The maximum absolute atomic E-state index is 12.6. The van der Waals surface area contributed by atoms with Crippen molar-refractivity contribution in [1.82, 2.24) is 9.80 Å². The minimum atomic E-state index is -0.337. The van der Waals surface area contributed by atoms with Crippen LogP contribution in [0.25, 0.3) is 10.8 Å². The van der Waals surface area contributed by atoms with Crippen molar-refractivity contribution < 1.29 is 19.1 Å². The molecule has 6 nitrogen and oxygen atoms in total. The zero-order valence-electron chi connectivity index (χ0n) is 16.9. The van der Waals surface area contributed by atoms with Gasteiger partial charge in [0.15, 0.2) is 0 Å². The van der Waals surface area contributed by atoms with E-state index in [9.17, 15) is 14.4 Å². The SMILES string of the molecule is COc1ccc2cc(CN(C)C(=O)CCN3C(=O)c4ccccc4C3=O)ccc2c1. The number of methoxy groups -OCH3 is 1. The Balaban J connectivity index is 1.38. The molecule has 0 spiro atoms. The molecule has 0 N–H and O–H groups in total. The largest absolute Gasteiger partial charge is 0.497 e. The molecule has 0 fully saturated rings. The number of fused-ring (bicyclic) bond motifs is 2. The van der Waals surface area contributed by atoms with Gasteiger partial charge in [0.2, 0.25) is 5.91 Å². The molecule has 1 heterocycles. The molecule has 152 valence electrons. The zero-order chi connectivity index (χ0) is 21.3. The van der Waals surface area contributed by atoms with Gasteiger partial charge >= 0.3 is 0 Å². The van der Waals surface area contributed by atoms with Crippen LogP contribution >= 0.6 is 0 Å². The molecular weight excluding hydrogens is 380 g/mol.